The van der Waals surface area contributed by atoms with E-state index in [0.717, 1.165) is 12.0 Å². The first-order valence-corrected chi connectivity index (χ1v) is 10.4. The van der Waals surface area contributed by atoms with Crippen LogP contribution in [0.5, 0.6) is 0 Å². The van der Waals surface area contributed by atoms with Gasteiger partial charge in [0, 0.05) is 5.92 Å². The van der Waals surface area contributed by atoms with Crippen LogP contribution in [-0.4, -0.2) is 18.9 Å². The number of benzene rings is 1. The molecule has 1 aliphatic rings. The Morgan fingerprint density at radius 3 is 2.30 bits per heavy atom. The topological polar surface area (TPSA) is 44.0 Å². The Balaban J connectivity index is 2.28. The van der Waals surface area contributed by atoms with E-state index in [9.17, 15) is 10.4 Å². The maximum atomic E-state index is 10.9. The standard InChI is InChI=1S/C17H25NOSi/c1-16(2,3)20(4,5)15(19)14-11-17(14,12-18)13-9-7-6-8-10-13/h6-10,14-15,19H,11H2,1-5H3/t14-,15-,17-/m1/s1. The van der Waals surface area contributed by atoms with Crippen LogP contribution in [0.15, 0.2) is 30.3 Å². The highest BCUT2D eigenvalue weighted by Gasteiger charge is 2.63. The highest BCUT2D eigenvalue weighted by atomic mass is 28.3. The molecular formula is C17H25NOSi. The van der Waals surface area contributed by atoms with Gasteiger partial charge in [0.15, 0.2) is 0 Å². The van der Waals surface area contributed by atoms with Gasteiger partial charge in [-0.15, -0.1) is 0 Å². The fourth-order valence-electron chi connectivity index (χ4n) is 2.88. The molecule has 3 atom stereocenters. The van der Waals surface area contributed by atoms with Crippen LogP contribution in [0.3, 0.4) is 0 Å². The van der Waals surface area contributed by atoms with Crippen molar-refractivity contribution in [1.29, 1.82) is 5.26 Å². The summed E-state index contributed by atoms with van der Waals surface area (Å²) in [6.45, 7) is 11.1. The van der Waals surface area contributed by atoms with Crippen molar-refractivity contribution in [2.75, 3.05) is 0 Å². The van der Waals surface area contributed by atoms with Crippen molar-refractivity contribution >= 4 is 8.07 Å². The maximum absolute atomic E-state index is 10.9. The minimum Gasteiger partial charge on any atom is -0.396 e. The molecule has 1 fully saturated rings. The van der Waals surface area contributed by atoms with Crippen molar-refractivity contribution in [1.82, 2.24) is 0 Å². The number of hydrogen-bond acceptors (Lipinski definition) is 2. The summed E-state index contributed by atoms with van der Waals surface area (Å²) in [5.74, 6) is 0.0933. The molecule has 0 amide bonds. The molecule has 2 nitrogen and oxygen atoms in total. The van der Waals surface area contributed by atoms with Gasteiger partial charge in [-0.1, -0.05) is 64.2 Å². The van der Waals surface area contributed by atoms with Crippen LogP contribution in [0.25, 0.3) is 0 Å². The fraction of sp³-hybridized carbons (Fsp3) is 0.588. The first-order valence-electron chi connectivity index (χ1n) is 7.31. The normalized spacial score (nSPS) is 27.8. The Bertz CT molecular complexity index is 526. The lowest BCUT2D eigenvalue weighted by Crippen LogP contribution is -2.51. The van der Waals surface area contributed by atoms with Gasteiger partial charge < -0.3 is 5.11 Å². The van der Waals surface area contributed by atoms with Crippen LogP contribution < -0.4 is 0 Å². The van der Waals surface area contributed by atoms with Gasteiger partial charge in [-0.05, 0) is 17.0 Å². The minimum atomic E-state index is -1.84. The molecule has 0 radical (unpaired) electrons. The highest BCUT2D eigenvalue weighted by Crippen LogP contribution is 2.58. The Kier molecular flexibility index (Phi) is 3.60. The van der Waals surface area contributed by atoms with Gasteiger partial charge in [-0.25, -0.2) is 0 Å². The molecule has 0 bridgehead atoms. The number of aliphatic hydroxyl groups excluding tert-OH is 1. The number of rotatable bonds is 3. The van der Waals surface area contributed by atoms with Gasteiger partial charge in [-0.3, -0.25) is 0 Å². The van der Waals surface area contributed by atoms with E-state index in [4.69, 9.17) is 0 Å². The van der Waals surface area contributed by atoms with Gasteiger partial charge in [0.2, 0.25) is 0 Å². The van der Waals surface area contributed by atoms with E-state index >= 15 is 0 Å². The van der Waals surface area contributed by atoms with Crippen molar-refractivity contribution in [2.45, 2.75) is 56.5 Å². The molecular weight excluding hydrogens is 262 g/mol. The summed E-state index contributed by atoms with van der Waals surface area (Å²) in [7, 11) is -1.84. The van der Waals surface area contributed by atoms with E-state index in [1.54, 1.807) is 0 Å². The molecule has 1 aliphatic carbocycles. The first-order chi connectivity index (χ1) is 9.17. The Hall–Kier alpha value is -1.11. The van der Waals surface area contributed by atoms with Crippen molar-refractivity contribution < 1.29 is 5.11 Å². The maximum Gasteiger partial charge on any atom is 0.0876 e. The van der Waals surface area contributed by atoms with Crippen LogP contribution in [0.4, 0.5) is 0 Å². The van der Waals surface area contributed by atoms with E-state index in [0.29, 0.717) is 0 Å². The monoisotopic (exact) mass is 287 g/mol. The smallest absolute Gasteiger partial charge is 0.0876 e. The molecule has 0 unspecified atom stereocenters. The molecule has 0 aromatic heterocycles. The van der Waals surface area contributed by atoms with Crippen molar-refractivity contribution in [2.24, 2.45) is 5.92 Å². The molecule has 0 heterocycles. The Morgan fingerprint density at radius 2 is 1.85 bits per heavy atom. The van der Waals surface area contributed by atoms with Gasteiger partial charge in [0.25, 0.3) is 0 Å². The lowest BCUT2D eigenvalue weighted by molar-refractivity contribution is 0.207. The summed E-state index contributed by atoms with van der Waals surface area (Å²) in [6, 6.07) is 12.4. The number of nitrogens with zero attached hydrogens (tertiary/aromatic N) is 1. The quantitative estimate of drug-likeness (QED) is 0.857. The predicted octanol–water partition coefficient (Wildman–Crippen LogP) is 3.88. The third-order valence-corrected chi connectivity index (χ3v) is 11.3. The minimum absolute atomic E-state index is 0.0933. The predicted molar refractivity (Wildman–Crippen MR) is 85.0 cm³/mol. The molecule has 20 heavy (non-hydrogen) atoms. The molecule has 1 saturated carbocycles. The summed E-state index contributed by atoms with van der Waals surface area (Å²) >= 11 is 0. The zero-order valence-corrected chi connectivity index (χ0v) is 14.1. The van der Waals surface area contributed by atoms with Gasteiger partial charge >= 0.3 is 0 Å². The zero-order chi connectivity index (χ0) is 15.2. The van der Waals surface area contributed by atoms with Crippen molar-refractivity contribution in [3.63, 3.8) is 0 Å². The fourth-order valence-corrected chi connectivity index (χ4v) is 5.17. The highest BCUT2D eigenvalue weighted by molar-refractivity contribution is 6.81. The molecule has 0 spiro atoms. The van der Waals surface area contributed by atoms with E-state index in [1.807, 2.05) is 30.3 Å². The molecule has 3 heteroatoms. The van der Waals surface area contributed by atoms with Crippen LogP contribution in [0.1, 0.15) is 32.8 Å². The van der Waals surface area contributed by atoms with E-state index in [2.05, 4.69) is 39.9 Å². The second-order valence-electron chi connectivity index (χ2n) is 7.68. The van der Waals surface area contributed by atoms with Crippen LogP contribution in [0, 0.1) is 17.2 Å². The first kappa shape index (κ1) is 15.3. The largest absolute Gasteiger partial charge is 0.396 e. The summed E-state index contributed by atoms with van der Waals surface area (Å²) < 4.78 is 0. The molecule has 0 saturated heterocycles. The lowest BCUT2D eigenvalue weighted by atomic mass is 9.95. The summed E-state index contributed by atoms with van der Waals surface area (Å²) in [5.41, 5.74) is 0.267. The van der Waals surface area contributed by atoms with Crippen molar-refractivity contribution in [3.8, 4) is 6.07 Å². The second-order valence-corrected chi connectivity index (χ2v) is 13.2. The molecule has 2 rings (SSSR count). The molecule has 1 aromatic rings. The summed E-state index contributed by atoms with van der Waals surface area (Å²) in [4.78, 5) is 0. The van der Waals surface area contributed by atoms with Crippen molar-refractivity contribution in [3.05, 3.63) is 35.9 Å². The summed E-state index contributed by atoms with van der Waals surface area (Å²) in [6.07, 6.45) is 0.793. The van der Waals surface area contributed by atoms with E-state index in [1.165, 1.54) is 0 Å². The van der Waals surface area contributed by atoms with Crippen LogP contribution in [0.2, 0.25) is 18.1 Å². The van der Waals surface area contributed by atoms with E-state index in [-0.39, 0.29) is 16.7 Å². The second kappa shape index (κ2) is 4.72. The third-order valence-electron chi connectivity index (χ3n) is 5.56. The SMILES string of the molecule is CC(C)(C)[Si](C)(C)[C@@H](O)[C@H]1C[C@@]1(C#N)c1ccccc1. The average Bonchev–Trinajstić information content (AvgIpc) is 3.13. The van der Waals surface area contributed by atoms with Gasteiger partial charge in [0.05, 0.1) is 25.3 Å². The zero-order valence-electron chi connectivity index (χ0n) is 13.1. The molecule has 108 valence electrons. The Morgan fingerprint density at radius 1 is 1.30 bits per heavy atom. The molecule has 1 aromatic carbocycles. The van der Waals surface area contributed by atoms with Crippen LogP contribution >= 0.6 is 0 Å². The molecule has 1 N–H and O–H groups in total. The number of nitriles is 1. The van der Waals surface area contributed by atoms with Gasteiger partial charge in [0.1, 0.15) is 0 Å². The summed E-state index contributed by atoms with van der Waals surface area (Å²) in [5, 5.41) is 20.7. The number of aliphatic hydroxyl groups is 1. The average molecular weight is 287 g/mol. The Labute approximate surface area is 123 Å². The number of hydrogen-bond donors (Lipinski definition) is 1. The third kappa shape index (κ3) is 2.21. The van der Waals surface area contributed by atoms with Gasteiger partial charge in [-0.2, -0.15) is 5.26 Å². The lowest BCUT2D eigenvalue weighted by Gasteiger charge is -2.41. The van der Waals surface area contributed by atoms with E-state index < -0.39 is 13.5 Å². The van der Waals surface area contributed by atoms with Crippen LogP contribution in [-0.2, 0) is 5.41 Å². The molecule has 0 aliphatic heterocycles.